The first kappa shape index (κ1) is 29.1. The molecule has 42 heavy (non-hydrogen) atoms. The van der Waals surface area contributed by atoms with Crippen molar-refractivity contribution in [3.05, 3.63) is 53.3 Å². The summed E-state index contributed by atoms with van der Waals surface area (Å²) in [6.07, 6.45) is 9.08. The van der Waals surface area contributed by atoms with Gasteiger partial charge in [-0.3, -0.25) is 9.58 Å². The molecule has 1 unspecified atom stereocenters. The number of anilines is 1. The monoisotopic (exact) mass is 575 g/mol. The van der Waals surface area contributed by atoms with Crippen molar-refractivity contribution in [3.63, 3.8) is 0 Å². The smallest absolute Gasteiger partial charge is 0.328 e. The first-order chi connectivity index (χ1) is 20.4. The summed E-state index contributed by atoms with van der Waals surface area (Å²) in [6, 6.07) is 10.2. The van der Waals surface area contributed by atoms with Crippen molar-refractivity contribution < 1.29 is 19.0 Å². The van der Waals surface area contributed by atoms with Crippen LogP contribution in [-0.4, -0.2) is 76.8 Å². The molecule has 0 bridgehead atoms. The second-order valence-electron chi connectivity index (χ2n) is 12.9. The third-order valence-electron chi connectivity index (χ3n) is 8.50. The van der Waals surface area contributed by atoms with Gasteiger partial charge < -0.3 is 19.5 Å². The maximum Gasteiger partial charge on any atom is 0.328 e. The van der Waals surface area contributed by atoms with Gasteiger partial charge in [-0.1, -0.05) is 24.3 Å². The van der Waals surface area contributed by atoms with Crippen LogP contribution in [0.15, 0.2) is 36.5 Å². The van der Waals surface area contributed by atoms with E-state index in [9.17, 15) is 4.79 Å². The highest BCUT2D eigenvalue weighted by molar-refractivity contribution is 5.89. The molecule has 3 aliphatic rings. The number of fused-ring (bicyclic) bond motifs is 2. The van der Waals surface area contributed by atoms with Gasteiger partial charge in [-0.15, -0.1) is 0 Å². The molecule has 9 heteroatoms. The molecule has 1 aromatic carbocycles. The highest BCUT2D eigenvalue weighted by atomic mass is 16.6. The van der Waals surface area contributed by atoms with Gasteiger partial charge in [0.1, 0.15) is 17.5 Å². The summed E-state index contributed by atoms with van der Waals surface area (Å²) in [5.41, 5.74) is 3.84. The molecular weight excluding hydrogens is 530 g/mol. The Morgan fingerprint density at radius 3 is 2.93 bits per heavy atom. The van der Waals surface area contributed by atoms with Gasteiger partial charge in [0, 0.05) is 49.5 Å². The van der Waals surface area contributed by atoms with Crippen LogP contribution in [0.4, 0.5) is 5.82 Å². The molecule has 5 heterocycles. The highest BCUT2D eigenvalue weighted by Gasteiger charge is 2.38. The van der Waals surface area contributed by atoms with E-state index in [4.69, 9.17) is 24.3 Å². The number of hydrogen-bond acceptors (Lipinski definition) is 8. The van der Waals surface area contributed by atoms with Gasteiger partial charge in [0.2, 0.25) is 0 Å². The summed E-state index contributed by atoms with van der Waals surface area (Å²) in [6.45, 7) is 10.3. The summed E-state index contributed by atoms with van der Waals surface area (Å²) in [7, 11) is 0. The number of aromatic nitrogens is 3. The number of esters is 1. The third-order valence-corrected chi connectivity index (χ3v) is 8.50. The normalized spacial score (nSPS) is 21.8. The molecule has 0 spiro atoms. The topological polar surface area (TPSA) is 90.7 Å². The maximum atomic E-state index is 13.8. The van der Waals surface area contributed by atoms with Crippen molar-refractivity contribution in [1.29, 1.82) is 0 Å². The number of benzene rings is 1. The fourth-order valence-electron chi connectivity index (χ4n) is 6.46. The van der Waals surface area contributed by atoms with E-state index in [2.05, 4.69) is 39.2 Å². The van der Waals surface area contributed by atoms with Crippen LogP contribution in [0.25, 0.3) is 10.9 Å². The number of pyridine rings is 1. The largest absolute Gasteiger partial charge is 0.459 e. The fraction of sp³-hybridized carbons (Fsp3) is 0.606. The zero-order valence-electron chi connectivity index (χ0n) is 25.3. The number of hydrogen-bond donors (Lipinski definition) is 1. The van der Waals surface area contributed by atoms with Crippen molar-refractivity contribution in [2.45, 2.75) is 89.5 Å². The number of para-hydroxylation sites is 1. The maximum absolute atomic E-state index is 13.8. The summed E-state index contributed by atoms with van der Waals surface area (Å²) in [5.74, 6) is 0.842. The summed E-state index contributed by atoms with van der Waals surface area (Å²) in [5, 5.41) is 9.19. The van der Waals surface area contributed by atoms with Crippen molar-refractivity contribution in [1.82, 2.24) is 19.7 Å². The van der Waals surface area contributed by atoms with Crippen LogP contribution in [-0.2, 0) is 31.8 Å². The van der Waals surface area contributed by atoms with Crippen molar-refractivity contribution in [3.8, 4) is 0 Å². The van der Waals surface area contributed by atoms with Crippen LogP contribution in [0.5, 0.6) is 0 Å². The van der Waals surface area contributed by atoms with Crippen molar-refractivity contribution in [2.75, 3.05) is 44.8 Å². The van der Waals surface area contributed by atoms with Crippen LogP contribution in [0, 0.1) is 0 Å². The van der Waals surface area contributed by atoms with E-state index in [1.165, 1.54) is 12.0 Å². The average Bonchev–Trinajstić information content (AvgIpc) is 3.73. The molecule has 3 atom stereocenters. The number of ether oxygens (including phenoxy) is 3. The Morgan fingerprint density at radius 1 is 1.19 bits per heavy atom. The first-order valence-electron chi connectivity index (χ1n) is 15.7. The molecule has 9 nitrogen and oxygen atoms in total. The average molecular weight is 576 g/mol. The Kier molecular flexibility index (Phi) is 8.79. The van der Waals surface area contributed by atoms with E-state index in [0.717, 1.165) is 86.2 Å². The summed E-state index contributed by atoms with van der Waals surface area (Å²) >= 11 is 0. The SMILES string of the molecule is CC(C)(C)OC(=O)C(c1cccc2cnn([C@H]3CCOC3)c12)N1CC[C@@H](OCCCCc2ccc3c(n2)NCCC3)C1. The molecule has 3 aliphatic heterocycles. The molecule has 0 radical (unpaired) electrons. The first-order valence-corrected chi connectivity index (χ1v) is 15.7. The molecule has 6 rings (SSSR count). The van der Waals surface area contributed by atoms with Crippen molar-refractivity contribution in [2.24, 2.45) is 0 Å². The van der Waals surface area contributed by atoms with Gasteiger partial charge in [0.05, 0.1) is 30.5 Å². The lowest BCUT2D eigenvalue weighted by molar-refractivity contribution is -0.161. The number of nitrogens with zero attached hydrogens (tertiary/aromatic N) is 4. The Labute approximate surface area is 248 Å². The van der Waals surface area contributed by atoms with Crippen LogP contribution >= 0.6 is 0 Å². The quantitative estimate of drug-likeness (QED) is 0.259. The van der Waals surface area contributed by atoms with E-state index in [-0.39, 0.29) is 18.1 Å². The van der Waals surface area contributed by atoms with E-state index < -0.39 is 11.6 Å². The zero-order chi connectivity index (χ0) is 29.1. The van der Waals surface area contributed by atoms with Crippen LogP contribution < -0.4 is 5.32 Å². The number of carbonyl (C=O) groups is 1. The second kappa shape index (κ2) is 12.7. The van der Waals surface area contributed by atoms with Crippen molar-refractivity contribution >= 4 is 22.7 Å². The minimum Gasteiger partial charge on any atom is -0.459 e. The van der Waals surface area contributed by atoms with Crippen LogP contribution in [0.1, 0.15) is 81.8 Å². The number of nitrogens with one attached hydrogen (secondary N) is 1. The molecule has 2 fully saturated rings. The minimum atomic E-state index is -0.582. The summed E-state index contributed by atoms with van der Waals surface area (Å²) in [4.78, 5) is 20.9. The van der Waals surface area contributed by atoms with Crippen LogP contribution in [0.2, 0.25) is 0 Å². The van der Waals surface area contributed by atoms with E-state index in [1.54, 1.807) is 0 Å². The van der Waals surface area contributed by atoms with Gasteiger partial charge in [-0.25, -0.2) is 9.78 Å². The lowest BCUT2D eigenvalue weighted by atomic mass is 10.0. The Hall–Kier alpha value is -3.01. The predicted molar refractivity (Wildman–Crippen MR) is 163 cm³/mol. The number of carbonyl (C=O) groups excluding carboxylic acids is 1. The molecule has 3 aromatic rings. The van der Waals surface area contributed by atoms with Crippen LogP contribution in [0.3, 0.4) is 0 Å². The molecule has 1 N–H and O–H groups in total. The molecule has 0 aliphatic carbocycles. The third kappa shape index (κ3) is 6.63. The van der Waals surface area contributed by atoms with Gasteiger partial charge in [0.25, 0.3) is 0 Å². The van der Waals surface area contributed by atoms with Gasteiger partial charge in [-0.05, 0) is 77.3 Å². The molecule has 2 aromatic heterocycles. The lowest BCUT2D eigenvalue weighted by Crippen LogP contribution is -2.38. The lowest BCUT2D eigenvalue weighted by Gasteiger charge is -2.30. The number of likely N-dealkylation sites (tertiary alicyclic amines) is 1. The Bertz CT molecular complexity index is 1380. The number of aryl methyl sites for hydroxylation is 2. The highest BCUT2D eigenvalue weighted by Crippen LogP contribution is 2.35. The molecule has 0 amide bonds. The van der Waals surface area contributed by atoms with E-state index >= 15 is 0 Å². The zero-order valence-corrected chi connectivity index (χ0v) is 25.3. The molecular formula is C33H45N5O4. The predicted octanol–water partition coefficient (Wildman–Crippen LogP) is 5.25. The standard InChI is InChI=1S/C33H45N5O4/c1-33(2,3)42-32(39)30(28-11-6-8-24-20-35-38(29(24)28)26-15-19-40-22-26)37-17-14-27(21-37)41-18-5-4-10-25-13-12-23-9-7-16-34-31(23)36-25/h6,8,11-13,20,26-27,30H,4-5,7,9-10,14-19,21-22H2,1-3H3,(H,34,36)/t26-,27+,30?/m0/s1. The summed E-state index contributed by atoms with van der Waals surface area (Å²) < 4.78 is 20.1. The molecule has 226 valence electrons. The van der Waals surface area contributed by atoms with Gasteiger partial charge in [0.15, 0.2) is 0 Å². The van der Waals surface area contributed by atoms with Gasteiger partial charge in [-0.2, -0.15) is 5.10 Å². The fourth-order valence-corrected chi connectivity index (χ4v) is 6.46. The second-order valence-corrected chi connectivity index (χ2v) is 12.9. The number of rotatable bonds is 10. The molecule has 0 saturated carbocycles. The van der Waals surface area contributed by atoms with E-state index in [1.807, 2.05) is 33.0 Å². The Balaban J connectivity index is 1.10. The minimum absolute atomic E-state index is 0.0911. The molecule has 2 saturated heterocycles. The Morgan fingerprint density at radius 2 is 2.10 bits per heavy atom. The van der Waals surface area contributed by atoms with Gasteiger partial charge >= 0.3 is 5.97 Å². The van der Waals surface area contributed by atoms with E-state index in [0.29, 0.717) is 19.8 Å². The number of unbranched alkanes of at least 4 members (excludes halogenated alkanes) is 1.